The number of nitrogens with one attached hydrogen (secondary N) is 1. The Kier molecular flexibility index (Phi) is 4.19. The molecule has 1 heterocycles. The van der Waals surface area contributed by atoms with Crippen LogP contribution in [0.25, 0.3) is 0 Å². The average Bonchev–Trinajstić information content (AvgIpc) is 2.40. The third-order valence-corrected chi connectivity index (χ3v) is 3.54. The monoisotopic (exact) mass is 244 g/mol. The molecule has 0 saturated carbocycles. The van der Waals surface area contributed by atoms with Crippen LogP contribution in [0.4, 0.5) is 5.69 Å². The zero-order valence-electron chi connectivity index (χ0n) is 11.1. The lowest BCUT2D eigenvalue weighted by molar-refractivity contribution is 0.122. The fourth-order valence-corrected chi connectivity index (χ4v) is 2.22. The van der Waals surface area contributed by atoms with Gasteiger partial charge in [0, 0.05) is 37.9 Å². The van der Waals surface area contributed by atoms with Crippen molar-refractivity contribution in [1.29, 1.82) is 5.26 Å². The number of likely N-dealkylation sites (N-methyl/N-ethyl adjacent to an activating group) is 2. The van der Waals surface area contributed by atoms with Gasteiger partial charge in [-0.25, -0.2) is 0 Å². The summed E-state index contributed by atoms with van der Waals surface area (Å²) in [6.07, 6.45) is 0. The largest absolute Gasteiger partial charge is 0.383 e. The normalized spacial score (nSPS) is 21.5. The Bertz CT molecular complexity index is 420. The number of hydrogen-bond acceptors (Lipinski definition) is 4. The van der Waals surface area contributed by atoms with Crippen LogP contribution < -0.4 is 5.32 Å². The molecular weight excluding hydrogens is 224 g/mol. The molecule has 1 N–H and O–H groups in total. The highest BCUT2D eigenvalue weighted by molar-refractivity contribution is 5.47. The quantitative estimate of drug-likeness (QED) is 0.868. The van der Waals surface area contributed by atoms with Crippen LogP contribution in [-0.2, 0) is 0 Å². The minimum Gasteiger partial charge on any atom is -0.383 e. The van der Waals surface area contributed by atoms with Gasteiger partial charge in [-0.15, -0.1) is 0 Å². The van der Waals surface area contributed by atoms with Crippen LogP contribution in [0.2, 0.25) is 0 Å². The zero-order valence-corrected chi connectivity index (χ0v) is 11.1. The van der Waals surface area contributed by atoms with E-state index >= 15 is 0 Å². The molecule has 0 aromatic heterocycles. The van der Waals surface area contributed by atoms with Gasteiger partial charge in [-0.2, -0.15) is 5.26 Å². The summed E-state index contributed by atoms with van der Waals surface area (Å²) in [7, 11) is 4.35. The van der Waals surface area contributed by atoms with E-state index in [1.54, 1.807) is 0 Å². The first-order valence-electron chi connectivity index (χ1n) is 6.32. The Morgan fingerprint density at radius 2 is 2.00 bits per heavy atom. The fourth-order valence-electron chi connectivity index (χ4n) is 2.22. The Balaban J connectivity index is 1.88. The van der Waals surface area contributed by atoms with E-state index in [2.05, 4.69) is 35.3 Å². The molecule has 1 unspecified atom stereocenters. The summed E-state index contributed by atoms with van der Waals surface area (Å²) >= 11 is 0. The van der Waals surface area contributed by atoms with Gasteiger partial charge in [0.15, 0.2) is 0 Å². The molecule has 18 heavy (non-hydrogen) atoms. The van der Waals surface area contributed by atoms with Gasteiger partial charge in [-0.1, -0.05) is 0 Å². The lowest BCUT2D eigenvalue weighted by atomic mass is 10.1. The number of hydrogen-bond donors (Lipinski definition) is 1. The maximum atomic E-state index is 8.74. The molecule has 1 aliphatic heterocycles. The molecule has 4 heteroatoms. The van der Waals surface area contributed by atoms with E-state index in [4.69, 9.17) is 5.26 Å². The van der Waals surface area contributed by atoms with E-state index in [0.29, 0.717) is 11.6 Å². The van der Waals surface area contributed by atoms with Gasteiger partial charge in [0.05, 0.1) is 11.6 Å². The highest BCUT2D eigenvalue weighted by Crippen LogP contribution is 2.11. The molecule has 2 rings (SSSR count). The molecule has 96 valence electrons. The van der Waals surface area contributed by atoms with Gasteiger partial charge < -0.3 is 10.2 Å². The summed E-state index contributed by atoms with van der Waals surface area (Å²) in [6, 6.07) is 10.3. The fraction of sp³-hybridized carbons (Fsp3) is 0.500. The van der Waals surface area contributed by atoms with Crippen LogP contribution in [0.1, 0.15) is 5.56 Å². The van der Waals surface area contributed by atoms with Crippen molar-refractivity contribution in [3.8, 4) is 6.07 Å². The Morgan fingerprint density at radius 3 is 2.67 bits per heavy atom. The topological polar surface area (TPSA) is 42.3 Å². The molecule has 0 aliphatic carbocycles. The van der Waals surface area contributed by atoms with Crippen molar-refractivity contribution in [2.24, 2.45) is 0 Å². The van der Waals surface area contributed by atoms with Crippen molar-refractivity contribution in [2.75, 3.05) is 45.6 Å². The molecule has 0 spiro atoms. The number of benzene rings is 1. The predicted octanol–water partition coefficient (Wildman–Crippen LogP) is 1.22. The Morgan fingerprint density at radius 1 is 1.28 bits per heavy atom. The highest BCUT2D eigenvalue weighted by atomic mass is 15.3. The van der Waals surface area contributed by atoms with Crippen molar-refractivity contribution in [1.82, 2.24) is 9.80 Å². The molecule has 0 amide bonds. The van der Waals surface area contributed by atoms with Gasteiger partial charge >= 0.3 is 0 Å². The number of rotatable bonds is 3. The minimum atomic E-state index is 0.541. The van der Waals surface area contributed by atoms with Crippen LogP contribution in [-0.4, -0.2) is 56.1 Å². The molecule has 1 aliphatic rings. The summed E-state index contributed by atoms with van der Waals surface area (Å²) in [5.74, 6) is 0. The Hall–Kier alpha value is -1.57. The molecule has 0 radical (unpaired) electrons. The van der Waals surface area contributed by atoms with E-state index in [9.17, 15) is 0 Å². The number of anilines is 1. The second kappa shape index (κ2) is 5.85. The SMILES string of the molecule is CN1CCN(C)C(CNc2ccc(C#N)cc2)C1. The molecule has 1 aromatic carbocycles. The maximum Gasteiger partial charge on any atom is 0.0991 e. The van der Waals surface area contributed by atoms with Gasteiger partial charge in [-0.05, 0) is 38.4 Å². The molecule has 1 atom stereocenters. The van der Waals surface area contributed by atoms with Crippen molar-refractivity contribution in [3.05, 3.63) is 29.8 Å². The lowest BCUT2D eigenvalue weighted by Crippen LogP contribution is -2.52. The summed E-state index contributed by atoms with van der Waals surface area (Å²) in [5.41, 5.74) is 1.78. The van der Waals surface area contributed by atoms with E-state index < -0.39 is 0 Å². The molecule has 1 saturated heterocycles. The Labute approximate surface area is 109 Å². The van der Waals surface area contributed by atoms with Gasteiger partial charge in [0.2, 0.25) is 0 Å². The second-order valence-corrected chi connectivity index (χ2v) is 4.97. The summed E-state index contributed by atoms with van der Waals surface area (Å²) < 4.78 is 0. The minimum absolute atomic E-state index is 0.541. The average molecular weight is 244 g/mol. The summed E-state index contributed by atoms with van der Waals surface area (Å²) in [5, 5.41) is 12.2. The summed E-state index contributed by atoms with van der Waals surface area (Å²) in [4.78, 5) is 4.77. The van der Waals surface area contributed by atoms with Crippen LogP contribution in [0.3, 0.4) is 0 Å². The molecule has 1 fully saturated rings. The van der Waals surface area contributed by atoms with E-state index in [1.807, 2.05) is 24.3 Å². The molecular formula is C14H20N4. The second-order valence-electron chi connectivity index (χ2n) is 4.97. The first kappa shape index (κ1) is 12.9. The van der Waals surface area contributed by atoms with Crippen molar-refractivity contribution >= 4 is 5.69 Å². The standard InChI is InChI=1S/C14H20N4/c1-17-7-8-18(2)14(11-17)10-16-13-5-3-12(9-15)4-6-13/h3-6,14,16H,7-8,10-11H2,1-2H3. The first-order valence-corrected chi connectivity index (χ1v) is 6.32. The van der Waals surface area contributed by atoms with E-state index in [1.165, 1.54) is 0 Å². The highest BCUT2D eigenvalue weighted by Gasteiger charge is 2.21. The van der Waals surface area contributed by atoms with Gasteiger partial charge in [0.25, 0.3) is 0 Å². The van der Waals surface area contributed by atoms with Crippen LogP contribution in [0.5, 0.6) is 0 Å². The number of nitriles is 1. The van der Waals surface area contributed by atoms with Crippen molar-refractivity contribution in [3.63, 3.8) is 0 Å². The number of piperazine rings is 1. The first-order chi connectivity index (χ1) is 8.69. The van der Waals surface area contributed by atoms with Gasteiger partial charge in [-0.3, -0.25) is 4.90 Å². The maximum absolute atomic E-state index is 8.74. The predicted molar refractivity (Wildman–Crippen MR) is 73.6 cm³/mol. The van der Waals surface area contributed by atoms with Crippen molar-refractivity contribution < 1.29 is 0 Å². The van der Waals surface area contributed by atoms with Crippen LogP contribution in [0.15, 0.2) is 24.3 Å². The van der Waals surface area contributed by atoms with Gasteiger partial charge in [0.1, 0.15) is 0 Å². The van der Waals surface area contributed by atoms with E-state index in [-0.39, 0.29) is 0 Å². The van der Waals surface area contributed by atoms with Crippen LogP contribution in [0, 0.1) is 11.3 Å². The molecule has 0 bridgehead atoms. The van der Waals surface area contributed by atoms with Crippen LogP contribution >= 0.6 is 0 Å². The third-order valence-electron chi connectivity index (χ3n) is 3.54. The molecule has 1 aromatic rings. The summed E-state index contributed by atoms with van der Waals surface area (Å²) in [6.45, 7) is 4.30. The third kappa shape index (κ3) is 3.22. The van der Waals surface area contributed by atoms with Crippen molar-refractivity contribution in [2.45, 2.75) is 6.04 Å². The lowest BCUT2D eigenvalue weighted by Gasteiger charge is -2.37. The smallest absolute Gasteiger partial charge is 0.0991 e. The zero-order chi connectivity index (χ0) is 13.0. The van der Waals surface area contributed by atoms with E-state index in [0.717, 1.165) is 31.9 Å². The number of nitrogens with zero attached hydrogens (tertiary/aromatic N) is 3. The molecule has 4 nitrogen and oxygen atoms in total.